The fourth-order valence-corrected chi connectivity index (χ4v) is 0. The quantitative estimate of drug-likeness (QED) is 0.343. The minimum absolute atomic E-state index is 1.53. The molecule has 0 nitrogen and oxygen atoms in total. The molecule has 0 aliphatic heterocycles. The second kappa shape index (κ2) is 4.11. The van der Waals surface area contributed by atoms with E-state index in [1.54, 1.807) is 0 Å². The molecule has 0 aliphatic rings. The van der Waals surface area contributed by atoms with Gasteiger partial charge >= 0.3 is 99.1 Å². The molecule has 0 saturated heterocycles. The Kier molecular flexibility index (Phi) is 6.04. The Morgan fingerprint density at radius 2 is 0.625 bits per heavy atom. The van der Waals surface area contributed by atoms with Crippen molar-refractivity contribution in [3.8, 4) is 0 Å². The van der Waals surface area contributed by atoms with Gasteiger partial charge in [0.1, 0.15) is 0 Å². The Hall–Kier alpha value is 3.74. The first-order valence-corrected chi connectivity index (χ1v) is 19.9. The van der Waals surface area contributed by atoms with E-state index in [1.807, 2.05) is 0 Å². The van der Waals surface area contributed by atoms with Gasteiger partial charge in [-0.15, -0.1) is 0 Å². The van der Waals surface area contributed by atoms with Crippen LogP contribution in [-0.2, 0) is 0 Å². The summed E-state index contributed by atoms with van der Waals surface area (Å²) in [5, 5.41) is 0. The number of rotatable bonds is 1. The van der Waals surface area contributed by atoms with Gasteiger partial charge in [-0.2, -0.15) is 0 Å². The monoisotopic (exact) mass is 537 g/mol. The molecule has 0 bridgehead atoms. The molecule has 0 fully saturated rings. The van der Waals surface area contributed by atoms with E-state index in [4.69, 9.17) is 0 Å². The van der Waals surface area contributed by atoms with Crippen molar-refractivity contribution >= 4 is 99.1 Å². The van der Waals surface area contributed by atoms with Gasteiger partial charge < -0.3 is 0 Å². The average molecular weight is 543 g/mol. The van der Waals surface area contributed by atoms with Crippen LogP contribution in [-0.4, -0.2) is 0 Å². The first kappa shape index (κ1) is 11.7. The average Bonchev–Trinajstić information content (AvgIpc) is 1.25. The fraction of sp³-hybridized carbons (Fsp3) is 0. The summed E-state index contributed by atoms with van der Waals surface area (Å²) in [7, 11) is 0. The van der Waals surface area contributed by atoms with Crippen molar-refractivity contribution in [2.75, 3.05) is 0 Å². The third kappa shape index (κ3) is 4.58. The third-order valence-electron chi connectivity index (χ3n) is 0.321. The van der Waals surface area contributed by atoms with Crippen molar-refractivity contribution in [2.45, 2.75) is 0 Å². The van der Waals surface area contributed by atoms with E-state index in [9.17, 15) is 0 Å². The fourth-order valence-electron chi connectivity index (χ4n) is 0. The minimum atomic E-state index is -1.53. The molecule has 8 heteroatoms. The van der Waals surface area contributed by atoms with Gasteiger partial charge in [0.25, 0.3) is 0 Å². The van der Waals surface area contributed by atoms with Crippen LogP contribution >= 0.6 is 99.1 Å². The van der Waals surface area contributed by atoms with Crippen LogP contribution in [0.2, 0.25) is 0 Å². The van der Waals surface area contributed by atoms with Gasteiger partial charge in [0.2, 0.25) is 0 Å². The molecule has 0 aromatic heterocycles. The standard InChI is InChI=1S/Br6H2P2/c1-7(2,3)8(4,5)6/h7-8H. The normalized spacial score (nSPS) is 18.2. The van der Waals surface area contributed by atoms with Crippen molar-refractivity contribution < 1.29 is 0 Å². The molecule has 8 heavy (non-hydrogen) atoms. The predicted octanol–water partition coefficient (Wildman–Crippen LogP) is 6.26. The molecule has 0 aromatic rings. The van der Waals surface area contributed by atoms with Crippen LogP contribution in [0, 0.1) is 0 Å². The molecule has 0 atom stereocenters. The van der Waals surface area contributed by atoms with E-state index < -0.39 is 6.12 Å². The Morgan fingerprint density at radius 3 is 0.625 bits per heavy atom. The Labute approximate surface area is 97.3 Å². The third-order valence-corrected chi connectivity index (χ3v) is 78.1. The number of hydrogen-bond donors (Lipinski definition) is 0. The van der Waals surface area contributed by atoms with Crippen LogP contribution in [0.5, 0.6) is 0 Å². The maximum atomic E-state index is 3.49. The molecule has 0 unspecified atom stereocenters. The van der Waals surface area contributed by atoms with Gasteiger partial charge in [-0.25, -0.2) is 0 Å². The molecule has 0 saturated carbocycles. The zero-order valence-corrected chi connectivity index (χ0v) is 14.8. The molecule has 0 amide bonds. The number of hydrogen-bond acceptors (Lipinski definition) is 0. The zero-order chi connectivity index (χ0) is 7.00. The van der Waals surface area contributed by atoms with E-state index in [0.29, 0.717) is 0 Å². The predicted molar refractivity (Wildman–Crippen MR) is 70.2 cm³/mol. The molecule has 54 valence electrons. The molecular formula is H2Br6P2. The zero-order valence-electron chi connectivity index (χ0n) is 3.27. The van der Waals surface area contributed by atoms with Crippen LogP contribution in [0.25, 0.3) is 0 Å². The van der Waals surface area contributed by atoms with Crippen molar-refractivity contribution in [1.82, 2.24) is 0 Å². The van der Waals surface area contributed by atoms with Crippen LogP contribution in [0.15, 0.2) is 0 Å². The van der Waals surface area contributed by atoms with E-state index >= 15 is 0 Å². The van der Waals surface area contributed by atoms with Crippen molar-refractivity contribution in [3.63, 3.8) is 0 Å². The van der Waals surface area contributed by atoms with Gasteiger partial charge in [-0.1, -0.05) is 0 Å². The first-order valence-electron chi connectivity index (χ1n) is 1.38. The van der Waals surface area contributed by atoms with E-state index in [2.05, 4.69) is 92.9 Å². The van der Waals surface area contributed by atoms with E-state index in [1.165, 1.54) is 0 Å². The van der Waals surface area contributed by atoms with Gasteiger partial charge in [-0.3, -0.25) is 0 Å². The molecule has 0 spiro atoms. The Balaban J connectivity index is 4.02. The van der Waals surface area contributed by atoms with Crippen molar-refractivity contribution in [1.29, 1.82) is 0 Å². The second-order valence-electron chi connectivity index (χ2n) is 0.996. The summed E-state index contributed by atoms with van der Waals surface area (Å²) in [5.41, 5.74) is 0. The molecule has 0 aromatic carbocycles. The van der Waals surface area contributed by atoms with Crippen LogP contribution in [0.4, 0.5) is 0 Å². The summed E-state index contributed by atoms with van der Waals surface area (Å²) in [5.74, 6) is 0. The molecule has 0 heterocycles. The number of halogens is 6. The van der Waals surface area contributed by atoms with E-state index in [0.717, 1.165) is 0 Å². The van der Waals surface area contributed by atoms with Crippen LogP contribution < -0.4 is 0 Å². The van der Waals surface area contributed by atoms with Crippen molar-refractivity contribution in [2.24, 2.45) is 0 Å². The summed E-state index contributed by atoms with van der Waals surface area (Å²) in [6.45, 7) is 0. The van der Waals surface area contributed by atoms with Crippen LogP contribution in [0.1, 0.15) is 0 Å². The molecular weight excluding hydrogens is 541 g/mol. The summed E-state index contributed by atoms with van der Waals surface area (Å²) in [6, 6.07) is 0. The van der Waals surface area contributed by atoms with Gasteiger partial charge in [0.15, 0.2) is 0 Å². The van der Waals surface area contributed by atoms with Crippen molar-refractivity contribution in [3.05, 3.63) is 0 Å². The van der Waals surface area contributed by atoms with Crippen LogP contribution in [0.3, 0.4) is 0 Å². The maximum absolute atomic E-state index is 3.49. The molecule has 0 rings (SSSR count). The SMILES string of the molecule is Br[PH](Br)(Br)[PH](Br)(Br)Br. The molecule has 0 N–H and O–H groups in total. The first-order chi connectivity index (χ1) is 3.25. The Bertz CT molecular complexity index is 61.5. The second-order valence-corrected chi connectivity index (χ2v) is 61.2. The Morgan fingerprint density at radius 1 is 0.500 bits per heavy atom. The van der Waals surface area contributed by atoms with E-state index in [-0.39, 0.29) is 0 Å². The van der Waals surface area contributed by atoms with Gasteiger partial charge in [0.05, 0.1) is 0 Å². The molecule has 0 aliphatic carbocycles. The van der Waals surface area contributed by atoms with Gasteiger partial charge in [-0.05, 0) is 0 Å². The summed E-state index contributed by atoms with van der Waals surface area (Å²) in [4.78, 5) is 0. The summed E-state index contributed by atoms with van der Waals surface area (Å²) >= 11 is 21.0. The topological polar surface area (TPSA) is 0 Å². The van der Waals surface area contributed by atoms with Gasteiger partial charge in [0, 0.05) is 0 Å². The summed E-state index contributed by atoms with van der Waals surface area (Å²) in [6.07, 6.45) is 0. The summed E-state index contributed by atoms with van der Waals surface area (Å²) < 4.78 is -3.06. The molecule has 0 radical (unpaired) electrons.